The second-order valence-corrected chi connectivity index (χ2v) is 8.03. The summed E-state index contributed by atoms with van der Waals surface area (Å²) in [5.74, 6) is 0. The Balaban J connectivity index is 0.00000140. The maximum Gasteiger partial charge on any atom is 0.0558 e. The number of β-amino-alcohol motifs (C(OH)–C–C–N with tert-alkyl or cyclic N) is 1. The average Bonchev–Trinajstić information content (AvgIpc) is 2.69. The van der Waals surface area contributed by atoms with Gasteiger partial charge in [-0.25, -0.2) is 0 Å². The van der Waals surface area contributed by atoms with Crippen LogP contribution < -0.4 is 4.90 Å². The zero-order valence-electron chi connectivity index (χ0n) is 16.0. The fraction of sp³-hybridized carbons (Fsp3) is 0.429. The minimum atomic E-state index is 0. The van der Waals surface area contributed by atoms with Crippen molar-refractivity contribution in [3.8, 4) is 0 Å². The molecule has 0 spiro atoms. The van der Waals surface area contributed by atoms with Gasteiger partial charge in [0.15, 0.2) is 0 Å². The molecule has 4 nitrogen and oxygen atoms in total. The van der Waals surface area contributed by atoms with Crippen molar-refractivity contribution < 1.29 is 5.11 Å². The van der Waals surface area contributed by atoms with Crippen LogP contribution in [0, 0.1) is 0 Å². The highest BCUT2D eigenvalue weighted by atomic mass is 35.5. The number of anilines is 2. The molecule has 2 aliphatic rings. The number of para-hydroxylation sites is 2. The van der Waals surface area contributed by atoms with Crippen molar-refractivity contribution in [2.75, 3.05) is 57.3 Å². The lowest BCUT2D eigenvalue weighted by Crippen LogP contribution is -2.47. The molecule has 0 saturated carbocycles. The highest BCUT2D eigenvalue weighted by Gasteiger charge is 2.23. The number of rotatable bonds is 6. The first-order chi connectivity index (χ1) is 12.8. The summed E-state index contributed by atoms with van der Waals surface area (Å²) in [5.41, 5.74) is 2.67. The maximum absolute atomic E-state index is 9.07. The van der Waals surface area contributed by atoms with Gasteiger partial charge >= 0.3 is 0 Å². The summed E-state index contributed by atoms with van der Waals surface area (Å²) in [6, 6.07) is 17.5. The first kappa shape index (κ1) is 23.3. The van der Waals surface area contributed by atoms with E-state index in [0.29, 0.717) is 0 Å². The van der Waals surface area contributed by atoms with E-state index in [4.69, 9.17) is 5.11 Å². The molecule has 1 fully saturated rings. The quantitative estimate of drug-likeness (QED) is 0.727. The van der Waals surface area contributed by atoms with Crippen LogP contribution in [0.3, 0.4) is 0 Å². The van der Waals surface area contributed by atoms with Gasteiger partial charge in [0.05, 0.1) is 18.0 Å². The first-order valence-electron chi connectivity index (χ1n) is 9.54. The van der Waals surface area contributed by atoms with Crippen LogP contribution in [0.15, 0.2) is 58.3 Å². The molecule has 0 unspecified atom stereocenters. The molecule has 0 atom stereocenters. The number of hydrogen-bond acceptors (Lipinski definition) is 5. The Labute approximate surface area is 184 Å². The van der Waals surface area contributed by atoms with E-state index in [1.165, 1.54) is 21.2 Å². The van der Waals surface area contributed by atoms with Gasteiger partial charge in [-0.05, 0) is 37.2 Å². The molecule has 7 heteroatoms. The third kappa shape index (κ3) is 5.35. The highest BCUT2D eigenvalue weighted by Crippen LogP contribution is 2.47. The Bertz CT molecular complexity index is 696. The number of fused-ring (bicyclic) bond motifs is 2. The predicted octanol–water partition coefficient (Wildman–Crippen LogP) is 4.13. The smallest absolute Gasteiger partial charge is 0.0558 e. The number of aliphatic hydroxyl groups excluding tert-OH is 1. The van der Waals surface area contributed by atoms with Crippen LogP contribution in [0.4, 0.5) is 11.4 Å². The van der Waals surface area contributed by atoms with Crippen molar-refractivity contribution in [3.05, 3.63) is 48.5 Å². The Morgan fingerprint density at radius 3 is 1.75 bits per heavy atom. The minimum Gasteiger partial charge on any atom is -0.395 e. The zero-order valence-corrected chi connectivity index (χ0v) is 18.4. The van der Waals surface area contributed by atoms with E-state index in [1.54, 1.807) is 0 Å². The molecular weight excluding hydrogens is 413 g/mol. The van der Waals surface area contributed by atoms with Gasteiger partial charge in [0.2, 0.25) is 0 Å². The van der Waals surface area contributed by atoms with E-state index in [0.717, 1.165) is 52.2 Å². The molecular formula is C21H29Cl2N3OS. The number of nitrogens with zero attached hydrogens (tertiary/aromatic N) is 3. The van der Waals surface area contributed by atoms with E-state index in [1.807, 2.05) is 11.8 Å². The lowest BCUT2D eigenvalue weighted by atomic mass is 10.2. The Hall–Kier alpha value is -0.950. The van der Waals surface area contributed by atoms with Crippen molar-refractivity contribution >= 4 is 48.0 Å². The van der Waals surface area contributed by atoms with E-state index in [2.05, 4.69) is 63.2 Å². The molecule has 154 valence electrons. The van der Waals surface area contributed by atoms with Gasteiger partial charge in [0.25, 0.3) is 0 Å². The molecule has 2 heterocycles. The number of halogens is 2. The van der Waals surface area contributed by atoms with Crippen LogP contribution in [0.2, 0.25) is 0 Å². The van der Waals surface area contributed by atoms with Gasteiger partial charge in [-0.15, -0.1) is 24.8 Å². The summed E-state index contributed by atoms with van der Waals surface area (Å²) in [6.07, 6.45) is 1.16. The third-order valence-electron chi connectivity index (χ3n) is 5.27. The Morgan fingerprint density at radius 1 is 0.714 bits per heavy atom. The standard InChI is InChI=1S/C21H27N3OS.2ClH/c25-17-16-23-14-12-22(13-15-23)10-5-11-24-18-6-1-3-8-20(18)26-21-9-4-2-7-19(21)24;;/h1-4,6-9,25H,5,10-17H2;2*1H. The lowest BCUT2D eigenvalue weighted by Gasteiger charge is -2.36. The van der Waals surface area contributed by atoms with Crippen LogP contribution in [0.25, 0.3) is 0 Å². The summed E-state index contributed by atoms with van der Waals surface area (Å²) in [5, 5.41) is 9.07. The van der Waals surface area contributed by atoms with Crippen LogP contribution in [0.1, 0.15) is 6.42 Å². The number of benzene rings is 2. The molecule has 1 saturated heterocycles. The summed E-state index contributed by atoms with van der Waals surface area (Å²) >= 11 is 1.87. The molecule has 2 aliphatic heterocycles. The number of piperazine rings is 1. The molecule has 0 aliphatic carbocycles. The summed E-state index contributed by atoms with van der Waals surface area (Å²) in [4.78, 5) is 10.1. The maximum atomic E-state index is 9.07. The van der Waals surface area contributed by atoms with Crippen molar-refractivity contribution in [1.82, 2.24) is 9.80 Å². The van der Waals surface area contributed by atoms with E-state index >= 15 is 0 Å². The summed E-state index contributed by atoms with van der Waals surface area (Å²) in [6.45, 7) is 7.65. The summed E-state index contributed by atoms with van der Waals surface area (Å²) in [7, 11) is 0. The van der Waals surface area contributed by atoms with Gasteiger partial charge in [-0.3, -0.25) is 4.90 Å². The monoisotopic (exact) mass is 441 g/mol. The molecule has 0 amide bonds. The van der Waals surface area contributed by atoms with Crippen molar-refractivity contribution in [2.45, 2.75) is 16.2 Å². The molecule has 28 heavy (non-hydrogen) atoms. The third-order valence-corrected chi connectivity index (χ3v) is 6.40. The lowest BCUT2D eigenvalue weighted by molar-refractivity contribution is 0.112. The molecule has 4 rings (SSSR count). The van der Waals surface area contributed by atoms with Crippen LogP contribution >= 0.6 is 36.6 Å². The van der Waals surface area contributed by atoms with Gasteiger partial charge in [0.1, 0.15) is 0 Å². The topological polar surface area (TPSA) is 30.0 Å². The van der Waals surface area contributed by atoms with E-state index < -0.39 is 0 Å². The van der Waals surface area contributed by atoms with Gasteiger partial charge in [0, 0.05) is 49.1 Å². The van der Waals surface area contributed by atoms with E-state index in [-0.39, 0.29) is 31.4 Å². The molecule has 0 radical (unpaired) electrons. The second kappa shape index (κ2) is 11.3. The number of aliphatic hydroxyl groups is 1. The van der Waals surface area contributed by atoms with Crippen LogP contribution in [-0.2, 0) is 0 Å². The van der Waals surface area contributed by atoms with Crippen molar-refractivity contribution in [2.24, 2.45) is 0 Å². The zero-order chi connectivity index (χ0) is 17.8. The molecule has 2 aromatic carbocycles. The molecule has 1 N–H and O–H groups in total. The van der Waals surface area contributed by atoms with Crippen LogP contribution in [0.5, 0.6) is 0 Å². The van der Waals surface area contributed by atoms with Gasteiger partial charge in [-0.2, -0.15) is 0 Å². The Morgan fingerprint density at radius 2 is 1.21 bits per heavy atom. The molecule has 0 bridgehead atoms. The first-order valence-corrected chi connectivity index (χ1v) is 10.4. The van der Waals surface area contributed by atoms with Crippen LogP contribution in [-0.4, -0.2) is 67.3 Å². The second-order valence-electron chi connectivity index (χ2n) is 6.95. The predicted molar refractivity (Wildman–Crippen MR) is 123 cm³/mol. The fourth-order valence-electron chi connectivity index (χ4n) is 3.85. The fourth-order valence-corrected chi connectivity index (χ4v) is 4.95. The Kier molecular flexibility index (Phi) is 9.41. The van der Waals surface area contributed by atoms with Gasteiger partial charge < -0.3 is 14.9 Å². The molecule has 0 aromatic heterocycles. The largest absolute Gasteiger partial charge is 0.395 e. The van der Waals surface area contributed by atoms with Crippen molar-refractivity contribution in [1.29, 1.82) is 0 Å². The normalized spacial score (nSPS) is 16.5. The highest BCUT2D eigenvalue weighted by molar-refractivity contribution is 7.99. The summed E-state index contributed by atoms with van der Waals surface area (Å²) < 4.78 is 0. The van der Waals surface area contributed by atoms with E-state index in [9.17, 15) is 0 Å². The SMILES string of the molecule is Cl.Cl.OCCN1CCN(CCCN2c3ccccc3Sc3ccccc32)CC1. The minimum absolute atomic E-state index is 0. The van der Waals surface area contributed by atoms with Crippen molar-refractivity contribution in [3.63, 3.8) is 0 Å². The van der Waals surface area contributed by atoms with Gasteiger partial charge in [-0.1, -0.05) is 36.0 Å². The number of hydrogen-bond donors (Lipinski definition) is 1. The molecule has 2 aromatic rings. The average molecular weight is 442 g/mol.